The van der Waals surface area contributed by atoms with Crippen molar-refractivity contribution in [1.82, 2.24) is 10.2 Å². The highest BCUT2D eigenvalue weighted by molar-refractivity contribution is 5.59. The van der Waals surface area contributed by atoms with E-state index in [1.54, 1.807) is 12.1 Å². The van der Waals surface area contributed by atoms with Gasteiger partial charge in [-0.3, -0.25) is 0 Å². The van der Waals surface area contributed by atoms with E-state index >= 15 is 0 Å². The summed E-state index contributed by atoms with van der Waals surface area (Å²) in [6.07, 6.45) is 0. The molecule has 0 aliphatic carbocycles. The second-order valence-electron chi connectivity index (χ2n) is 5.35. The van der Waals surface area contributed by atoms with Crippen LogP contribution in [0, 0.1) is 5.82 Å². The van der Waals surface area contributed by atoms with Gasteiger partial charge in [-0.15, -0.1) is 10.2 Å². The number of hydrogen-bond donors (Lipinski definition) is 1. The van der Waals surface area contributed by atoms with E-state index in [0.717, 1.165) is 22.6 Å². The van der Waals surface area contributed by atoms with Crippen molar-refractivity contribution in [2.75, 3.05) is 12.1 Å². The number of rotatable bonds is 4. The van der Waals surface area contributed by atoms with Gasteiger partial charge < -0.3 is 14.8 Å². The summed E-state index contributed by atoms with van der Waals surface area (Å²) in [7, 11) is 0. The second kappa shape index (κ2) is 6.16. The molecule has 24 heavy (non-hydrogen) atoms. The van der Waals surface area contributed by atoms with Gasteiger partial charge in [0, 0.05) is 12.1 Å². The fourth-order valence-corrected chi connectivity index (χ4v) is 2.44. The molecule has 0 spiro atoms. The number of nitrogens with one attached hydrogen (secondary N) is 1. The zero-order valence-corrected chi connectivity index (χ0v) is 12.7. The summed E-state index contributed by atoms with van der Waals surface area (Å²) in [5.74, 6) is 1.92. The Morgan fingerprint density at radius 1 is 0.917 bits per heavy atom. The highest BCUT2D eigenvalue weighted by Crippen LogP contribution is 2.32. The van der Waals surface area contributed by atoms with E-state index in [1.807, 2.05) is 30.3 Å². The average molecular weight is 323 g/mol. The maximum atomic E-state index is 12.9. The van der Waals surface area contributed by atoms with Crippen molar-refractivity contribution in [3.05, 3.63) is 66.0 Å². The molecule has 0 radical (unpaired) electrons. The van der Waals surface area contributed by atoms with E-state index in [2.05, 4.69) is 15.5 Å². The molecule has 120 valence electrons. The van der Waals surface area contributed by atoms with Crippen LogP contribution in [0.5, 0.6) is 11.5 Å². The highest BCUT2D eigenvalue weighted by atomic mass is 19.1. The average Bonchev–Trinajstić information content (AvgIpc) is 3.09. The monoisotopic (exact) mass is 323 g/mol. The van der Waals surface area contributed by atoms with Crippen LogP contribution in [-0.4, -0.2) is 17.0 Å². The molecule has 4 rings (SSSR count). The van der Waals surface area contributed by atoms with Gasteiger partial charge in [0.25, 0.3) is 0 Å². The van der Waals surface area contributed by atoms with Crippen molar-refractivity contribution in [2.45, 2.75) is 6.54 Å². The van der Waals surface area contributed by atoms with Gasteiger partial charge >= 0.3 is 0 Å². The lowest BCUT2D eigenvalue weighted by Crippen LogP contribution is -2.02. The van der Waals surface area contributed by atoms with Crippen LogP contribution in [0.3, 0.4) is 0 Å². The minimum Gasteiger partial charge on any atom is -0.454 e. The number of aromatic nitrogens is 2. The van der Waals surface area contributed by atoms with Crippen molar-refractivity contribution >= 4 is 5.82 Å². The van der Waals surface area contributed by atoms with Gasteiger partial charge in [-0.2, -0.15) is 0 Å². The van der Waals surface area contributed by atoms with Crippen LogP contribution < -0.4 is 14.8 Å². The molecule has 3 aromatic rings. The van der Waals surface area contributed by atoms with Crippen LogP contribution in [0.1, 0.15) is 5.56 Å². The number of benzene rings is 2. The number of nitrogens with zero attached hydrogens (tertiary/aromatic N) is 2. The van der Waals surface area contributed by atoms with Gasteiger partial charge in [-0.25, -0.2) is 4.39 Å². The highest BCUT2D eigenvalue weighted by Gasteiger charge is 2.13. The summed E-state index contributed by atoms with van der Waals surface area (Å²) >= 11 is 0. The predicted molar refractivity (Wildman–Crippen MR) is 87.3 cm³/mol. The normalized spacial score (nSPS) is 12.2. The van der Waals surface area contributed by atoms with Crippen molar-refractivity contribution in [1.29, 1.82) is 0 Å². The van der Waals surface area contributed by atoms with Crippen LogP contribution in [0.4, 0.5) is 10.2 Å². The summed E-state index contributed by atoms with van der Waals surface area (Å²) < 4.78 is 23.6. The summed E-state index contributed by atoms with van der Waals surface area (Å²) in [5, 5.41) is 11.5. The van der Waals surface area contributed by atoms with E-state index in [-0.39, 0.29) is 12.6 Å². The third-order valence-electron chi connectivity index (χ3n) is 3.72. The number of halogens is 1. The van der Waals surface area contributed by atoms with E-state index in [0.29, 0.717) is 18.1 Å². The third-order valence-corrected chi connectivity index (χ3v) is 3.72. The van der Waals surface area contributed by atoms with Crippen molar-refractivity contribution in [3.8, 4) is 22.8 Å². The summed E-state index contributed by atoms with van der Waals surface area (Å²) in [6.45, 7) is 0.865. The van der Waals surface area contributed by atoms with Gasteiger partial charge in [0.05, 0.1) is 5.69 Å². The minimum absolute atomic E-state index is 0.266. The summed E-state index contributed by atoms with van der Waals surface area (Å²) in [4.78, 5) is 0. The lowest BCUT2D eigenvalue weighted by molar-refractivity contribution is 0.174. The maximum absolute atomic E-state index is 12.9. The molecule has 0 atom stereocenters. The van der Waals surface area contributed by atoms with Crippen LogP contribution in [-0.2, 0) is 6.54 Å². The Balaban J connectivity index is 1.43. The molecule has 0 bridgehead atoms. The Morgan fingerprint density at radius 2 is 1.75 bits per heavy atom. The third kappa shape index (κ3) is 2.99. The molecule has 1 aliphatic heterocycles. The fourth-order valence-electron chi connectivity index (χ4n) is 2.44. The molecule has 1 aromatic heterocycles. The molecule has 0 fully saturated rings. The van der Waals surface area contributed by atoms with Crippen molar-refractivity contribution in [2.24, 2.45) is 0 Å². The SMILES string of the molecule is Fc1ccc(-c2ccc(NCc3ccc4c(c3)OCO4)nn2)cc1. The Labute approximate surface area is 138 Å². The largest absolute Gasteiger partial charge is 0.454 e. The van der Waals surface area contributed by atoms with E-state index in [9.17, 15) is 4.39 Å². The molecule has 1 N–H and O–H groups in total. The van der Waals surface area contributed by atoms with E-state index in [1.165, 1.54) is 12.1 Å². The maximum Gasteiger partial charge on any atom is 0.231 e. The fraction of sp³-hybridized carbons (Fsp3) is 0.111. The standard InChI is InChI=1S/C18H14FN3O2/c19-14-4-2-13(3-5-14)15-6-8-18(22-21-15)20-10-12-1-7-16-17(9-12)24-11-23-16/h1-9H,10-11H2,(H,20,22). The van der Waals surface area contributed by atoms with Gasteiger partial charge in [0.15, 0.2) is 11.5 Å². The van der Waals surface area contributed by atoms with Gasteiger partial charge in [-0.05, 0) is 54.1 Å². The predicted octanol–water partition coefficient (Wildman–Crippen LogP) is 3.62. The van der Waals surface area contributed by atoms with Crippen LogP contribution in [0.15, 0.2) is 54.6 Å². The van der Waals surface area contributed by atoms with Crippen molar-refractivity contribution < 1.29 is 13.9 Å². The Hall–Kier alpha value is -3.15. The zero-order chi connectivity index (χ0) is 16.4. The topological polar surface area (TPSA) is 56.3 Å². The van der Waals surface area contributed by atoms with Gasteiger partial charge in [0.2, 0.25) is 6.79 Å². The van der Waals surface area contributed by atoms with Crippen LogP contribution in [0.2, 0.25) is 0 Å². The molecule has 0 saturated carbocycles. The minimum atomic E-state index is -0.270. The number of fused-ring (bicyclic) bond motifs is 1. The molecular formula is C18H14FN3O2. The van der Waals surface area contributed by atoms with Crippen molar-refractivity contribution in [3.63, 3.8) is 0 Å². The quantitative estimate of drug-likeness (QED) is 0.794. The number of anilines is 1. The number of ether oxygens (including phenoxy) is 2. The van der Waals surface area contributed by atoms with E-state index in [4.69, 9.17) is 9.47 Å². The first-order valence-corrected chi connectivity index (χ1v) is 7.50. The summed E-state index contributed by atoms with van der Waals surface area (Å²) in [5.41, 5.74) is 2.58. The second-order valence-corrected chi connectivity index (χ2v) is 5.35. The first kappa shape index (κ1) is 14.4. The molecule has 0 saturated heterocycles. The molecular weight excluding hydrogens is 309 g/mol. The molecule has 0 unspecified atom stereocenters. The Bertz CT molecular complexity index is 851. The van der Waals surface area contributed by atoms with Gasteiger partial charge in [0.1, 0.15) is 11.6 Å². The number of hydrogen-bond acceptors (Lipinski definition) is 5. The molecule has 0 amide bonds. The molecule has 5 nitrogen and oxygen atoms in total. The summed E-state index contributed by atoms with van der Waals surface area (Å²) in [6, 6.07) is 15.7. The van der Waals surface area contributed by atoms with Crippen LogP contribution >= 0.6 is 0 Å². The van der Waals surface area contributed by atoms with Crippen LogP contribution in [0.25, 0.3) is 11.3 Å². The lowest BCUT2D eigenvalue weighted by atomic mass is 10.1. The Morgan fingerprint density at radius 3 is 2.54 bits per heavy atom. The van der Waals surface area contributed by atoms with E-state index < -0.39 is 0 Å². The smallest absolute Gasteiger partial charge is 0.231 e. The zero-order valence-electron chi connectivity index (χ0n) is 12.7. The molecule has 6 heteroatoms. The molecule has 2 aromatic carbocycles. The lowest BCUT2D eigenvalue weighted by Gasteiger charge is -2.07. The Kier molecular flexibility index (Phi) is 3.70. The molecule has 1 aliphatic rings. The first-order chi connectivity index (χ1) is 11.8. The van der Waals surface area contributed by atoms with Gasteiger partial charge in [-0.1, -0.05) is 6.07 Å². The first-order valence-electron chi connectivity index (χ1n) is 7.50. The molecule has 2 heterocycles.